The number of ether oxygens (including phenoxy) is 1. The van der Waals surface area contributed by atoms with Crippen molar-refractivity contribution in [2.45, 2.75) is 25.3 Å². The first-order valence-corrected chi connectivity index (χ1v) is 4.99. The summed E-state index contributed by atoms with van der Waals surface area (Å²) in [5, 5.41) is 0. The first-order valence-electron chi connectivity index (χ1n) is 4.99. The standard InChI is InChI=1S/C10H15N3O/c11-5-9-6-13-10(7-12-9)8-1-3-14-4-2-8/h6-8H,1-5,11H2. The third kappa shape index (κ3) is 2.08. The fourth-order valence-corrected chi connectivity index (χ4v) is 1.67. The van der Waals surface area contributed by atoms with Crippen LogP contribution >= 0.6 is 0 Å². The number of nitrogens with two attached hydrogens (primary N) is 1. The van der Waals surface area contributed by atoms with Crippen molar-refractivity contribution in [2.75, 3.05) is 13.2 Å². The van der Waals surface area contributed by atoms with Crippen LogP contribution in [0.15, 0.2) is 12.4 Å². The number of nitrogens with zero attached hydrogens (tertiary/aromatic N) is 2. The van der Waals surface area contributed by atoms with Crippen LogP contribution in [0.2, 0.25) is 0 Å². The molecule has 0 bridgehead atoms. The summed E-state index contributed by atoms with van der Waals surface area (Å²) in [5.74, 6) is 0.517. The van der Waals surface area contributed by atoms with E-state index in [0.717, 1.165) is 37.4 Å². The van der Waals surface area contributed by atoms with Crippen LogP contribution in [0.1, 0.15) is 30.1 Å². The van der Waals surface area contributed by atoms with Crippen LogP contribution in [0.25, 0.3) is 0 Å². The van der Waals surface area contributed by atoms with Gasteiger partial charge >= 0.3 is 0 Å². The average Bonchev–Trinajstić information content (AvgIpc) is 2.30. The molecule has 0 unspecified atom stereocenters. The molecule has 4 heteroatoms. The van der Waals surface area contributed by atoms with Gasteiger partial charge in [-0.05, 0) is 12.8 Å². The van der Waals surface area contributed by atoms with Crippen molar-refractivity contribution in [3.8, 4) is 0 Å². The van der Waals surface area contributed by atoms with Crippen molar-refractivity contribution in [1.29, 1.82) is 0 Å². The smallest absolute Gasteiger partial charge is 0.0722 e. The van der Waals surface area contributed by atoms with E-state index in [-0.39, 0.29) is 0 Å². The lowest BCUT2D eigenvalue weighted by Crippen LogP contribution is -2.15. The Kier molecular flexibility index (Phi) is 3.06. The van der Waals surface area contributed by atoms with Crippen molar-refractivity contribution < 1.29 is 4.74 Å². The van der Waals surface area contributed by atoms with Crippen molar-refractivity contribution in [3.63, 3.8) is 0 Å². The molecule has 1 fully saturated rings. The molecule has 1 aromatic heterocycles. The normalized spacial score (nSPS) is 18.4. The van der Waals surface area contributed by atoms with Gasteiger partial charge in [-0.2, -0.15) is 0 Å². The molecule has 0 spiro atoms. The molecule has 76 valence electrons. The lowest BCUT2D eigenvalue weighted by Gasteiger charge is -2.21. The largest absolute Gasteiger partial charge is 0.381 e. The van der Waals surface area contributed by atoms with E-state index < -0.39 is 0 Å². The van der Waals surface area contributed by atoms with Gasteiger partial charge in [0, 0.05) is 31.9 Å². The third-order valence-electron chi connectivity index (χ3n) is 2.57. The Labute approximate surface area is 83.5 Å². The Morgan fingerprint density at radius 1 is 1.29 bits per heavy atom. The first kappa shape index (κ1) is 9.55. The molecule has 4 nitrogen and oxygen atoms in total. The van der Waals surface area contributed by atoms with Crippen LogP contribution in [-0.2, 0) is 11.3 Å². The van der Waals surface area contributed by atoms with Gasteiger partial charge in [0.25, 0.3) is 0 Å². The van der Waals surface area contributed by atoms with Crippen LogP contribution in [0, 0.1) is 0 Å². The summed E-state index contributed by atoms with van der Waals surface area (Å²) >= 11 is 0. The van der Waals surface area contributed by atoms with Crippen molar-refractivity contribution in [3.05, 3.63) is 23.8 Å². The summed E-state index contributed by atoms with van der Waals surface area (Å²) in [6.07, 6.45) is 5.72. The Morgan fingerprint density at radius 2 is 2.07 bits per heavy atom. The van der Waals surface area contributed by atoms with Gasteiger partial charge in [-0.3, -0.25) is 9.97 Å². The van der Waals surface area contributed by atoms with Crippen LogP contribution in [0.5, 0.6) is 0 Å². The van der Waals surface area contributed by atoms with Gasteiger partial charge in [0.1, 0.15) is 0 Å². The molecule has 2 heterocycles. The molecule has 1 aliphatic rings. The number of rotatable bonds is 2. The number of hydrogen-bond acceptors (Lipinski definition) is 4. The van der Waals surface area contributed by atoms with Crippen LogP contribution < -0.4 is 5.73 Å². The molecule has 0 saturated carbocycles. The lowest BCUT2D eigenvalue weighted by atomic mass is 9.97. The van der Waals surface area contributed by atoms with Gasteiger partial charge < -0.3 is 10.5 Å². The average molecular weight is 193 g/mol. The topological polar surface area (TPSA) is 61.0 Å². The Balaban J connectivity index is 2.07. The van der Waals surface area contributed by atoms with E-state index in [1.807, 2.05) is 6.20 Å². The van der Waals surface area contributed by atoms with Gasteiger partial charge in [0.05, 0.1) is 17.6 Å². The summed E-state index contributed by atoms with van der Waals surface area (Å²) in [6, 6.07) is 0. The first-order chi connectivity index (χ1) is 6.90. The fourth-order valence-electron chi connectivity index (χ4n) is 1.67. The van der Waals surface area contributed by atoms with Gasteiger partial charge in [-0.1, -0.05) is 0 Å². The van der Waals surface area contributed by atoms with Gasteiger partial charge in [0.2, 0.25) is 0 Å². The molecule has 1 aromatic rings. The van der Waals surface area contributed by atoms with E-state index in [1.165, 1.54) is 0 Å². The van der Waals surface area contributed by atoms with Crippen molar-refractivity contribution in [1.82, 2.24) is 9.97 Å². The fraction of sp³-hybridized carbons (Fsp3) is 0.600. The van der Waals surface area contributed by atoms with E-state index >= 15 is 0 Å². The van der Waals surface area contributed by atoms with E-state index in [4.69, 9.17) is 10.5 Å². The third-order valence-corrected chi connectivity index (χ3v) is 2.57. The highest BCUT2D eigenvalue weighted by Crippen LogP contribution is 2.24. The summed E-state index contributed by atoms with van der Waals surface area (Å²) in [7, 11) is 0. The highest BCUT2D eigenvalue weighted by Gasteiger charge is 2.17. The van der Waals surface area contributed by atoms with Gasteiger partial charge in [-0.25, -0.2) is 0 Å². The predicted octanol–water partition coefficient (Wildman–Crippen LogP) is 0.829. The van der Waals surface area contributed by atoms with E-state index in [1.54, 1.807) is 6.20 Å². The molecular formula is C10H15N3O. The maximum absolute atomic E-state index is 5.46. The maximum Gasteiger partial charge on any atom is 0.0722 e. The monoisotopic (exact) mass is 193 g/mol. The minimum absolute atomic E-state index is 0.459. The summed E-state index contributed by atoms with van der Waals surface area (Å²) in [6.45, 7) is 2.14. The minimum atomic E-state index is 0.459. The molecule has 14 heavy (non-hydrogen) atoms. The summed E-state index contributed by atoms with van der Waals surface area (Å²) in [5.41, 5.74) is 7.38. The molecule has 0 radical (unpaired) electrons. The SMILES string of the molecule is NCc1cnc(C2CCOCC2)cn1. The van der Waals surface area contributed by atoms with E-state index in [0.29, 0.717) is 12.5 Å². The second kappa shape index (κ2) is 4.48. The molecule has 1 saturated heterocycles. The predicted molar refractivity (Wildman–Crippen MR) is 52.7 cm³/mol. The van der Waals surface area contributed by atoms with Crippen LogP contribution in [0.3, 0.4) is 0 Å². The second-order valence-corrected chi connectivity index (χ2v) is 3.52. The van der Waals surface area contributed by atoms with Gasteiger partial charge in [-0.15, -0.1) is 0 Å². The Hall–Kier alpha value is -1.00. The summed E-state index contributed by atoms with van der Waals surface area (Å²) < 4.78 is 5.30. The zero-order valence-electron chi connectivity index (χ0n) is 8.15. The highest BCUT2D eigenvalue weighted by molar-refractivity contribution is 5.07. The molecule has 0 aromatic carbocycles. The molecule has 2 N–H and O–H groups in total. The zero-order chi connectivity index (χ0) is 9.80. The lowest BCUT2D eigenvalue weighted by molar-refractivity contribution is 0.0844. The molecule has 1 aliphatic heterocycles. The number of hydrogen-bond donors (Lipinski definition) is 1. The van der Waals surface area contributed by atoms with E-state index in [2.05, 4.69) is 9.97 Å². The molecule has 0 amide bonds. The minimum Gasteiger partial charge on any atom is -0.381 e. The molecular weight excluding hydrogens is 178 g/mol. The maximum atomic E-state index is 5.46. The van der Waals surface area contributed by atoms with Crippen molar-refractivity contribution in [2.24, 2.45) is 5.73 Å². The number of aromatic nitrogens is 2. The molecule has 0 aliphatic carbocycles. The Morgan fingerprint density at radius 3 is 2.64 bits per heavy atom. The quantitative estimate of drug-likeness (QED) is 0.755. The molecule has 2 rings (SSSR count). The van der Waals surface area contributed by atoms with Crippen LogP contribution in [0.4, 0.5) is 0 Å². The van der Waals surface area contributed by atoms with E-state index in [9.17, 15) is 0 Å². The van der Waals surface area contributed by atoms with Crippen molar-refractivity contribution >= 4 is 0 Å². The Bertz CT molecular complexity index is 280. The van der Waals surface area contributed by atoms with Crippen LogP contribution in [-0.4, -0.2) is 23.2 Å². The molecule has 0 atom stereocenters. The summed E-state index contributed by atoms with van der Waals surface area (Å²) in [4.78, 5) is 8.62. The zero-order valence-corrected chi connectivity index (χ0v) is 8.15. The second-order valence-electron chi connectivity index (χ2n) is 3.52. The highest BCUT2D eigenvalue weighted by atomic mass is 16.5. The van der Waals surface area contributed by atoms with Gasteiger partial charge in [0.15, 0.2) is 0 Å².